The van der Waals surface area contributed by atoms with Crippen LogP contribution in [0.1, 0.15) is 39.5 Å². The van der Waals surface area contributed by atoms with Gasteiger partial charge in [-0.2, -0.15) is 17.0 Å². The van der Waals surface area contributed by atoms with Crippen molar-refractivity contribution in [2.45, 2.75) is 45.6 Å². The molecular weight excluding hydrogens is 256 g/mol. The summed E-state index contributed by atoms with van der Waals surface area (Å²) >= 11 is 0. The average molecular weight is 278 g/mol. The van der Waals surface area contributed by atoms with Gasteiger partial charge in [-0.05, 0) is 25.7 Å². The van der Waals surface area contributed by atoms with E-state index in [1.807, 2.05) is 6.92 Å². The summed E-state index contributed by atoms with van der Waals surface area (Å²) in [4.78, 5) is 11.2. The third-order valence-electron chi connectivity index (χ3n) is 3.19. The molecule has 1 rings (SSSR count). The number of carboxylic acids is 1. The van der Waals surface area contributed by atoms with Crippen molar-refractivity contribution in [1.29, 1.82) is 0 Å². The minimum atomic E-state index is -3.64. The first-order chi connectivity index (χ1) is 8.45. The average Bonchev–Trinajstić information content (AvgIpc) is 2.35. The van der Waals surface area contributed by atoms with Gasteiger partial charge >= 0.3 is 5.97 Å². The summed E-state index contributed by atoms with van der Waals surface area (Å²) in [6.07, 6.45) is 2.62. The molecule has 106 valence electrons. The van der Waals surface area contributed by atoms with Gasteiger partial charge < -0.3 is 5.11 Å². The molecule has 0 saturated carbocycles. The molecule has 0 aliphatic carbocycles. The molecule has 1 unspecified atom stereocenters. The van der Waals surface area contributed by atoms with Gasteiger partial charge in [-0.1, -0.05) is 13.8 Å². The van der Waals surface area contributed by atoms with Crippen molar-refractivity contribution in [2.75, 3.05) is 19.6 Å². The monoisotopic (exact) mass is 278 g/mol. The SMILES string of the molecule is CCCN(CC)S(=O)(=O)N1CCCCC1C(=O)O. The summed E-state index contributed by atoms with van der Waals surface area (Å²) < 4.78 is 27.3. The molecule has 18 heavy (non-hydrogen) atoms. The van der Waals surface area contributed by atoms with Crippen LogP contribution in [0.2, 0.25) is 0 Å². The predicted molar refractivity (Wildman–Crippen MR) is 68.4 cm³/mol. The van der Waals surface area contributed by atoms with Crippen molar-refractivity contribution in [3.05, 3.63) is 0 Å². The second kappa shape index (κ2) is 6.49. The fourth-order valence-electron chi connectivity index (χ4n) is 2.26. The summed E-state index contributed by atoms with van der Waals surface area (Å²) in [6.45, 7) is 4.79. The topological polar surface area (TPSA) is 77.9 Å². The van der Waals surface area contributed by atoms with Gasteiger partial charge in [0.05, 0.1) is 0 Å². The smallest absolute Gasteiger partial charge is 0.322 e. The van der Waals surface area contributed by atoms with Crippen molar-refractivity contribution >= 4 is 16.2 Å². The molecule has 1 aliphatic rings. The van der Waals surface area contributed by atoms with Crippen LogP contribution in [0.5, 0.6) is 0 Å². The van der Waals surface area contributed by atoms with E-state index >= 15 is 0 Å². The summed E-state index contributed by atoms with van der Waals surface area (Å²) in [5.41, 5.74) is 0. The number of hydrogen-bond donors (Lipinski definition) is 1. The molecular formula is C11H22N2O4S. The Kier molecular flexibility index (Phi) is 5.55. The second-order valence-electron chi connectivity index (χ2n) is 4.46. The summed E-state index contributed by atoms with van der Waals surface area (Å²) in [7, 11) is -3.64. The number of carboxylic acid groups (broad SMARTS) is 1. The highest BCUT2D eigenvalue weighted by atomic mass is 32.2. The molecule has 1 fully saturated rings. The number of carbonyl (C=O) groups is 1. The highest BCUT2D eigenvalue weighted by Crippen LogP contribution is 2.23. The molecule has 1 N–H and O–H groups in total. The van der Waals surface area contributed by atoms with Gasteiger partial charge in [-0.3, -0.25) is 4.79 Å². The van der Waals surface area contributed by atoms with Crippen molar-refractivity contribution in [3.63, 3.8) is 0 Å². The molecule has 0 aromatic heterocycles. The maximum Gasteiger partial charge on any atom is 0.322 e. The highest BCUT2D eigenvalue weighted by molar-refractivity contribution is 7.86. The van der Waals surface area contributed by atoms with Crippen LogP contribution in [0.25, 0.3) is 0 Å². The molecule has 1 saturated heterocycles. The Bertz CT molecular complexity index is 383. The van der Waals surface area contributed by atoms with Crippen molar-refractivity contribution in [1.82, 2.24) is 8.61 Å². The number of nitrogens with zero attached hydrogens (tertiary/aromatic N) is 2. The van der Waals surface area contributed by atoms with Crippen LogP contribution in [-0.2, 0) is 15.0 Å². The van der Waals surface area contributed by atoms with Crippen LogP contribution in [0.3, 0.4) is 0 Å². The van der Waals surface area contributed by atoms with Gasteiger partial charge in [-0.25, -0.2) is 0 Å². The normalized spacial score (nSPS) is 22.3. The van der Waals surface area contributed by atoms with Crippen LogP contribution in [0, 0.1) is 0 Å². The number of hydrogen-bond acceptors (Lipinski definition) is 3. The van der Waals surface area contributed by atoms with Crippen LogP contribution >= 0.6 is 0 Å². The van der Waals surface area contributed by atoms with Gasteiger partial charge in [0.1, 0.15) is 6.04 Å². The maximum absolute atomic E-state index is 12.4. The highest BCUT2D eigenvalue weighted by Gasteiger charge is 2.39. The molecule has 0 aromatic rings. The third kappa shape index (κ3) is 3.21. The van der Waals surface area contributed by atoms with E-state index in [2.05, 4.69) is 0 Å². The quantitative estimate of drug-likeness (QED) is 0.783. The van der Waals surface area contributed by atoms with E-state index in [1.165, 1.54) is 4.31 Å². The van der Waals surface area contributed by atoms with Crippen LogP contribution < -0.4 is 0 Å². The Labute approximate surface area is 109 Å². The minimum Gasteiger partial charge on any atom is -0.480 e. The van der Waals surface area contributed by atoms with Crippen LogP contribution in [0.15, 0.2) is 0 Å². The molecule has 7 heteroatoms. The Morgan fingerprint density at radius 1 is 1.39 bits per heavy atom. The van der Waals surface area contributed by atoms with E-state index in [0.717, 1.165) is 23.6 Å². The number of rotatable bonds is 6. The largest absolute Gasteiger partial charge is 0.480 e. The number of aliphatic carboxylic acids is 1. The molecule has 0 spiro atoms. The Hall–Kier alpha value is -0.660. The van der Waals surface area contributed by atoms with E-state index < -0.39 is 22.2 Å². The van der Waals surface area contributed by atoms with Crippen molar-refractivity contribution < 1.29 is 18.3 Å². The van der Waals surface area contributed by atoms with Gasteiger partial charge in [0, 0.05) is 19.6 Å². The number of piperidine rings is 1. The molecule has 0 radical (unpaired) electrons. The first-order valence-electron chi connectivity index (χ1n) is 6.44. The van der Waals surface area contributed by atoms with E-state index in [9.17, 15) is 13.2 Å². The standard InChI is InChI=1S/C11H22N2O4S/c1-3-8-12(4-2)18(16,17)13-9-6-5-7-10(13)11(14)15/h10H,3-9H2,1-2H3,(H,14,15). The molecule has 0 amide bonds. The van der Waals surface area contributed by atoms with E-state index in [-0.39, 0.29) is 0 Å². The lowest BCUT2D eigenvalue weighted by Gasteiger charge is -2.35. The fraction of sp³-hybridized carbons (Fsp3) is 0.909. The molecule has 1 atom stereocenters. The second-order valence-corrected chi connectivity index (χ2v) is 6.34. The molecule has 1 heterocycles. The summed E-state index contributed by atoms with van der Waals surface area (Å²) in [6, 6.07) is -0.908. The lowest BCUT2D eigenvalue weighted by atomic mass is 10.1. The van der Waals surface area contributed by atoms with Gasteiger partial charge in [0.2, 0.25) is 0 Å². The minimum absolute atomic E-state index is 0.305. The first kappa shape index (κ1) is 15.4. The van der Waals surface area contributed by atoms with Gasteiger partial charge in [0.25, 0.3) is 10.2 Å². The van der Waals surface area contributed by atoms with Gasteiger partial charge in [0.15, 0.2) is 0 Å². The van der Waals surface area contributed by atoms with Crippen LogP contribution in [-0.4, -0.2) is 53.8 Å². The van der Waals surface area contributed by atoms with E-state index in [0.29, 0.717) is 26.1 Å². The van der Waals surface area contributed by atoms with E-state index in [1.54, 1.807) is 6.92 Å². The molecule has 0 bridgehead atoms. The third-order valence-corrected chi connectivity index (χ3v) is 5.31. The lowest BCUT2D eigenvalue weighted by Crippen LogP contribution is -2.53. The zero-order valence-electron chi connectivity index (χ0n) is 11.0. The Morgan fingerprint density at radius 3 is 2.56 bits per heavy atom. The Morgan fingerprint density at radius 2 is 2.06 bits per heavy atom. The first-order valence-corrected chi connectivity index (χ1v) is 7.84. The summed E-state index contributed by atoms with van der Waals surface area (Å²) in [5.74, 6) is -1.05. The summed E-state index contributed by atoms with van der Waals surface area (Å²) in [5, 5.41) is 9.13. The molecule has 1 aliphatic heterocycles. The fourth-order valence-corrected chi connectivity index (χ4v) is 4.18. The maximum atomic E-state index is 12.4. The Balaban J connectivity index is 2.96. The zero-order valence-corrected chi connectivity index (χ0v) is 11.8. The molecule has 0 aromatic carbocycles. The van der Waals surface area contributed by atoms with Crippen molar-refractivity contribution in [3.8, 4) is 0 Å². The zero-order chi connectivity index (χ0) is 13.8. The predicted octanol–water partition coefficient (Wildman–Crippen LogP) is 0.902. The van der Waals surface area contributed by atoms with Crippen LogP contribution in [0.4, 0.5) is 0 Å². The van der Waals surface area contributed by atoms with Crippen molar-refractivity contribution in [2.24, 2.45) is 0 Å². The van der Waals surface area contributed by atoms with Gasteiger partial charge in [-0.15, -0.1) is 0 Å². The molecule has 6 nitrogen and oxygen atoms in total. The van der Waals surface area contributed by atoms with E-state index in [4.69, 9.17) is 5.11 Å². The lowest BCUT2D eigenvalue weighted by molar-refractivity contribution is -0.142.